The zero-order chi connectivity index (χ0) is 19.2. The smallest absolute Gasteiger partial charge is 0.229 e. The molecule has 1 aromatic heterocycles. The maximum Gasteiger partial charge on any atom is 0.229 e. The van der Waals surface area contributed by atoms with Gasteiger partial charge in [0.15, 0.2) is 0 Å². The molecule has 0 fully saturated rings. The van der Waals surface area contributed by atoms with E-state index in [0.29, 0.717) is 12.6 Å². The normalized spacial score (nSPS) is 10.4. The zero-order valence-electron chi connectivity index (χ0n) is 16.2. The van der Waals surface area contributed by atoms with Gasteiger partial charge in [-0.25, -0.2) is 4.98 Å². The Morgan fingerprint density at radius 2 is 1.52 bits per heavy atom. The first-order valence-corrected chi connectivity index (χ1v) is 8.93. The van der Waals surface area contributed by atoms with Gasteiger partial charge < -0.3 is 20.3 Å². The molecule has 0 spiro atoms. The third kappa shape index (κ3) is 5.10. The van der Waals surface area contributed by atoms with E-state index < -0.39 is 0 Å². The summed E-state index contributed by atoms with van der Waals surface area (Å²) < 4.78 is 5.47. The number of rotatable bonds is 7. The summed E-state index contributed by atoms with van der Waals surface area (Å²) in [5, 5.41) is 6.57. The van der Waals surface area contributed by atoms with Gasteiger partial charge in [-0.1, -0.05) is 0 Å². The molecule has 0 atom stereocenters. The summed E-state index contributed by atoms with van der Waals surface area (Å²) in [6, 6.07) is 17.9. The lowest BCUT2D eigenvalue weighted by atomic mass is 10.2. The van der Waals surface area contributed by atoms with Gasteiger partial charge in [0.25, 0.3) is 0 Å². The van der Waals surface area contributed by atoms with Crippen LogP contribution < -0.4 is 20.3 Å². The van der Waals surface area contributed by atoms with E-state index in [1.54, 1.807) is 0 Å². The largest absolute Gasteiger partial charge is 0.494 e. The standard InChI is InChI=1S/C21H25N5O/c1-5-27-19-12-8-17(9-13-19)24-21-22-15(2)14-20(25-21)23-16-6-10-18(11-7-16)26(3)4/h6-14H,5H2,1-4H3,(H2,22,23,24,25). The first-order chi connectivity index (χ1) is 13.0. The highest BCUT2D eigenvalue weighted by Gasteiger charge is 2.05. The van der Waals surface area contributed by atoms with Gasteiger partial charge in [-0.2, -0.15) is 4.98 Å². The predicted molar refractivity (Wildman–Crippen MR) is 112 cm³/mol. The fourth-order valence-corrected chi connectivity index (χ4v) is 2.61. The summed E-state index contributed by atoms with van der Waals surface area (Å²) in [4.78, 5) is 11.1. The lowest BCUT2D eigenvalue weighted by Gasteiger charge is -2.14. The van der Waals surface area contributed by atoms with Gasteiger partial charge in [0.2, 0.25) is 5.95 Å². The molecular formula is C21H25N5O. The number of nitrogens with zero attached hydrogens (tertiary/aromatic N) is 3. The quantitative estimate of drug-likeness (QED) is 0.632. The van der Waals surface area contributed by atoms with E-state index in [2.05, 4.69) is 37.6 Å². The molecule has 27 heavy (non-hydrogen) atoms. The Morgan fingerprint density at radius 1 is 0.889 bits per heavy atom. The van der Waals surface area contributed by atoms with E-state index in [0.717, 1.165) is 34.3 Å². The molecule has 0 saturated heterocycles. The van der Waals surface area contributed by atoms with Crippen molar-refractivity contribution >= 4 is 28.8 Å². The van der Waals surface area contributed by atoms with Crippen LogP contribution in [0.5, 0.6) is 5.75 Å². The van der Waals surface area contributed by atoms with Crippen LogP contribution in [0.15, 0.2) is 54.6 Å². The second-order valence-electron chi connectivity index (χ2n) is 6.37. The van der Waals surface area contributed by atoms with Gasteiger partial charge in [-0.15, -0.1) is 0 Å². The summed E-state index contributed by atoms with van der Waals surface area (Å²) in [5.74, 6) is 2.14. The number of anilines is 5. The Morgan fingerprint density at radius 3 is 2.15 bits per heavy atom. The molecule has 6 nitrogen and oxygen atoms in total. The third-order valence-corrected chi connectivity index (χ3v) is 3.93. The topological polar surface area (TPSA) is 62.3 Å². The lowest BCUT2D eigenvalue weighted by Crippen LogP contribution is -2.08. The van der Waals surface area contributed by atoms with E-state index in [-0.39, 0.29) is 0 Å². The van der Waals surface area contributed by atoms with Gasteiger partial charge in [0.05, 0.1) is 6.61 Å². The third-order valence-electron chi connectivity index (χ3n) is 3.93. The van der Waals surface area contributed by atoms with Crippen LogP contribution in [0.25, 0.3) is 0 Å². The monoisotopic (exact) mass is 363 g/mol. The van der Waals surface area contributed by atoms with Crippen molar-refractivity contribution in [1.29, 1.82) is 0 Å². The Bertz CT molecular complexity index is 876. The maximum absolute atomic E-state index is 5.47. The highest BCUT2D eigenvalue weighted by atomic mass is 16.5. The molecule has 0 saturated carbocycles. The van der Waals surface area contributed by atoms with Gasteiger partial charge in [-0.05, 0) is 62.4 Å². The first kappa shape index (κ1) is 18.5. The van der Waals surface area contributed by atoms with Crippen molar-refractivity contribution in [3.8, 4) is 5.75 Å². The van der Waals surface area contributed by atoms with Crippen LogP contribution in [-0.4, -0.2) is 30.7 Å². The Kier molecular flexibility index (Phi) is 5.76. The molecule has 2 aromatic carbocycles. The van der Waals surface area contributed by atoms with Crippen LogP contribution >= 0.6 is 0 Å². The highest BCUT2D eigenvalue weighted by Crippen LogP contribution is 2.22. The molecule has 3 aromatic rings. The van der Waals surface area contributed by atoms with E-state index in [4.69, 9.17) is 4.74 Å². The van der Waals surface area contributed by atoms with Crippen LogP contribution in [0.2, 0.25) is 0 Å². The number of hydrogen-bond donors (Lipinski definition) is 2. The average Bonchev–Trinajstić information content (AvgIpc) is 2.63. The fourth-order valence-electron chi connectivity index (χ4n) is 2.61. The van der Waals surface area contributed by atoms with Gasteiger partial charge in [-0.3, -0.25) is 0 Å². The molecule has 6 heteroatoms. The summed E-state index contributed by atoms with van der Waals surface area (Å²) in [6.07, 6.45) is 0. The van der Waals surface area contributed by atoms with Crippen molar-refractivity contribution < 1.29 is 4.74 Å². The van der Waals surface area contributed by atoms with E-state index >= 15 is 0 Å². The van der Waals surface area contributed by atoms with Crippen molar-refractivity contribution in [1.82, 2.24) is 9.97 Å². The molecular weight excluding hydrogens is 338 g/mol. The van der Waals surface area contributed by atoms with Crippen molar-refractivity contribution in [2.75, 3.05) is 36.2 Å². The predicted octanol–water partition coefficient (Wildman–Crippen LogP) is 4.74. The molecule has 0 bridgehead atoms. The number of ether oxygens (including phenoxy) is 1. The van der Waals surface area contributed by atoms with Gasteiger partial charge >= 0.3 is 0 Å². The van der Waals surface area contributed by atoms with Gasteiger partial charge in [0, 0.05) is 42.9 Å². The summed E-state index contributed by atoms with van der Waals surface area (Å²) in [6.45, 7) is 4.57. The number of hydrogen-bond acceptors (Lipinski definition) is 6. The number of nitrogens with one attached hydrogen (secondary N) is 2. The number of aryl methyl sites for hydroxylation is 1. The Labute approximate surface area is 160 Å². The summed E-state index contributed by atoms with van der Waals surface area (Å²) in [5.41, 5.74) is 3.92. The van der Waals surface area contributed by atoms with E-state index in [9.17, 15) is 0 Å². The van der Waals surface area contributed by atoms with Crippen molar-refractivity contribution in [2.24, 2.45) is 0 Å². The van der Waals surface area contributed by atoms with E-state index in [1.807, 2.05) is 70.4 Å². The molecule has 0 unspecified atom stereocenters. The number of aromatic nitrogens is 2. The second kappa shape index (κ2) is 8.40. The second-order valence-corrected chi connectivity index (χ2v) is 6.37. The van der Waals surface area contributed by atoms with Crippen LogP contribution in [0.3, 0.4) is 0 Å². The van der Waals surface area contributed by atoms with Crippen molar-refractivity contribution in [3.63, 3.8) is 0 Å². The molecule has 140 valence electrons. The minimum atomic E-state index is 0.548. The molecule has 2 N–H and O–H groups in total. The van der Waals surface area contributed by atoms with Crippen LogP contribution in [0.1, 0.15) is 12.6 Å². The Hall–Kier alpha value is -3.28. The average molecular weight is 363 g/mol. The first-order valence-electron chi connectivity index (χ1n) is 8.93. The molecule has 1 heterocycles. The Balaban J connectivity index is 1.73. The van der Waals surface area contributed by atoms with Crippen LogP contribution in [0.4, 0.5) is 28.8 Å². The van der Waals surface area contributed by atoms with Crippen LogP contribution in [-0.2, 0) is 0 Å². The minimum Gasteiger partial charge on any atom is -0.494 e. The van der Waals surface area contributed by atoms with Crippen molar-refractivity contribution in [3.05, 3.63) is 60.3 Å². The van der Waals surface area contributed by atoms with Crippen LogP contribution in [0, 0.1) is 6.92 Å². The maximum atomic E-state index is 5.47. The molecule has 3 rings (SSSR count). The summed E-state index contributed by atoms with van der Waals surface area (Å²) >= 11 is 0. The van der Waals surface area contributed by atoms with E-state index in [1.165, 1.54) is 0 Å². The zero-order valence-corrected chi connectivity index (χ0v) is 16.2. The molecule has 0 aliphatic rings. The molecule has 0 aliphatic heterocycles. The number of benzene rings is 2. The molecule has 0 aliphatic carbocycles. The SMILES string of the molecule is CCOc1ccc(Nc2nc(C)cc(Nc3ccc(N(C)C)cc3)n2)cc1. The van der Waals surface area contributed by atoms with Crippen molar-refractivity contribution in [2.45, 2.75) is 13.8 Å². The molecule has 0 radical (unpaired) electrons. The van der Waals surface area contributed by atoms with Gasteiger partial charge in [0.1, 0.15) is 11.6 Å². The lowest BCUT2D eigenvalue weighted by molar-refractivity contribution is 0.340. The molecule has 0 amide bonds. The minimum absolute atomic E-state index is 0.548. The highest BCUT2D eigenvalue weighted by molar-refractivity contribution is 5.62. The summed E-state index contributed by atoms with van der Waals surface area (Å²) in [7, 11) is 4.05. The fraction of sp³-hybridized carbons (Fsp3) is 0.238.